The van der Waals surface area contributed by atoms with Crippen molar-refractivity contribution in [2.75, 3.05) is 42.7 Å². The van der Waals surface area contributed by atoms with Crippen LogP contribution >= 0.6 is 0 Å². The highest BCUT2D eigenvalue weighted by atomic mass is 16.5. The van der Waals surface area contributed by atoms with E-state index in [1.54, 1.807) is 60.9 Å². The quantitative estimate of drug-likeness (QED) is 0.367. The minimum absolute atomic E-state index is 0.165. The topological polar surface area (TPSA) is 94.1 Å². The van der Waals surface area contributed by atoms with Crippen LogP contribution in [0.5, 0.6) is 46.0 Å². The minimum Gasteiger partial charge on any atom is -0.493 e. The Kier molecular flexibility index (Phi) is 9.35. The Morgan fingerprint density at radius 1 is 0.472 bits per heavy atom. The predicted octanol–water partition coefficient (Wildman–Crippen LogP) is 4.39. The zero-order chi connectivity index (χ0) is 26.1. The van der Waals surface area contributed by atoms with Crippen molar-refractivity contribution in [2.45, 2.75) is 19.8 Å². The first-order valence-electron chi connectivity index (χ1n) is 11.1. The number of benzene rings is 3. The fourth-order valence-electron chi connectivity index (χ4n) is 3.66. The minimum atomic E-state index is -0.165. The standard InChI is InChI=1S/C27H32O9/c1-29-22-9-18(10-23(30-2)26(22)33-5)15-35-20-7-17(14-28)8-21(13-20)36-16-19-11-24(31-3)27(34-6)25(12-19)32-4/h7-13,28H,14-16H2,1-6H3. The molecular weight excluding hydrogens is 468 g/mol. The summed E-state index contributed by atoms with van der Waals surface area (Å²) >= 11 is 0. The molecule has 0 fully saturated rings. The average Bonchev–Trinajstić information content (AvgIpc) is 2.93. The Morgan fingerprint density at radius 3 is 1.11 bits per heavy atom. The van der Waals surface area contributed by atoms with Crippen molar-refractivity contribution >= 4 is 0 Å². The van der Waals surface area contributed by atoms with Crippen LogP contribution in [0.15, 0.2) is 42.5 Å². The molecule has 0 amide bonds. The average molecular weight is 501 g/mol. The molecule has 1 N–H and O–H groups in total. The second-order valence-corrected chi connectivity index (χ2v) is 7.62. The Bertz CT molecular complexity index is 1020. The molecule has 0 radical (unpaired) electrons. The highest BCUT2D eigenvalue weighted by molar-refractivity contribution is 5.54. The molecule has 194 valence electrons. The summed E-state index contributed by atoms with van der Waals surface area (Å²) in [5, 5.41) is 9.74. The molecule has 0 saturated carbocycles. The molecule has 0 bridgehead atoms. The first-order chi connectivity index (χ1) is 17.5. The van der Waals surface area contributed by atoms with Gasteiger partial charge in [-0.2, -0.15) is 0 Å². The van der Waals surface area contributed by atoms with Crippen molar-refractivity contribution in [1.29, 1.82) is 0 Å². The van der Waals surface area contributed by atoms with Gasteiger partial charge in [0, 0.05) is 6.07 Å². The molecule has 0 unspecified atom stereocenters. The van der Waals surface area contributed by atoms with Crippen molar-refractivity contribution in [3.63, 3.8) is 0 Å². The van der Waals surface area contributed by atoms with E-state index >= 15 is 0 Å². The molecule has 0 aliphatic rings. The maximum atomic E-state index is 9.74. The number of aliphatic hydroxyl groups excluding tert-OH is 1. The fourth-order valence-corrected chi connectivity index (χ4v) is 3.66. The van der Waals surface area contributed by atoms with E-state index in [9.17, 15) is 5.11 Å². The molecular formula is C27H32O9. The van der Waals surface area contributed by atoms with E-state index in [4.69, 9.17) is 37.9 Å². The molecule has 36 heavy (non-hydrogen) atoms. The monoisotopic (exact) mass is 500 g/mol. The van der Waals surface area contributed by atoms with Crippen molar-refractivity contribution in [3.8, 4) is 46.0 Å². The molecule has 0 atom stereocenters. The zero-order valence-electron chi connectivity index (χ0n) is 21.4. The van der Waals surface area contributed by atoms with Crippen LogP contribution in [-0.2, 0) is 19.8 Å². The molecule has 9 heteroatoms. The largest absolute Gasteiger partial charge is 0.493 e. The lowest BCUT2D eigenvalue weighted by Gasteiger charge is -2.16. The lowest BCUT2D eigenvalue weighted by atomic mass is 10.1. The van der Waals surface area contributed by atoms with Gasteiger partial charge in [-0.25, -0.2) is 0 Å². The van der Waals surface area contributed by atoms with Gasteiger partial charge in [0.15, 0.2) is 23.0 Å². The molecule has 0 aromatic heterocycles. The van der Waals surface area contributed by atoms with Gasteiger partial charge in [-0.05, 0) is 53.1 Å². The maximum Gasteiger partial charge on any atom is 0.203 e. The van der Waals surface area contributed by atoms with Crippen molar-refractivity contribution in [3.05, 3.63) is 59.2 Å². The smallest absolute Gasteiger partial charge is 0.203 e. The molecule has 3 aromatic carbocycles. The third-order valence-electron chi connectivity index (χ3n) is 5.38. The van der Waals surface area contributed by atoms with Gasteiger partial charge in [0.1, 0.15) is 24.7 Å². The highest BCUT2D eigenvalue weighted by Crippen LogP contribution is 2.39. The summed E-state index contributed by atoms with van der Waals surface area (Å²) in [7, 11) is 9.34. The van der Waals surface area contributed by atoms with E-state index in [0.29, 0.717) is 51.6 Å². The second-order valence-electron chi connectivity index (χ2n) is 7.62. The molecule has 0 aliphatic heterocycles. The normalized spacial score (nSPS) is 10.4. The molecule has 9 nitrogen and oxygen atoms in total. The SMILES string of the molecule is COc1cc(COc2cc(CO)cc(OCc3cc(OC)c(OC)c(OC)c3)c2)cc(OC)c1OC. The fraction of sp³-hybridized carbons (Fsp3) is 0.333. The van der Waals surface area contributed by atoms with Crippen LogP contribution in [0.25, 0.3) is 0 Å². The summed E-state index contributed by atoms with van der Waals surface area (Å²) in [5.41, 5.74) is 2.29. The molecule has 0 aliphatic carbocycles. The number of hydrogen-bond acceptors (Lipinski definition) is 9. The van der Waals surface area contributed by atoms with Crippen molar-refractivity contribution in [1.82, 2.24) is 0 Å². The highest BCUT2D eigenvalue weighted by Gasteiger charge is 2.15. The number of aliphatic hydroxyl groups is 1. The lowest BCUT2D eigenvalue weighted by molar-refractivity contribution is 0.269. The van der Waals surface area contributed by atoms with Gasteiger partial charge in [0.25, 0.3) is 0 Å². The molecule has 3 rings (SSSR count). The summed E-state index contributed by atoms with van der Waals surface area (Å²) in [4.78, 5) is 0. The van der Waals surface area contributed by atoms with Gasteiger partial charge in [0.05, 0.1) is 49.3 Å². The summed E-state index contributed by atoms with van der Waals surface area (Å²) in [6.07, 6.45) is 0. The third kappa shape index (κ3) is 6.17. The Labute approximate surface area is 211 Å². The Balaban J connectivity index is 1.78. The Hall–Kier alpha value is -3.98. The number of rotatable bonds is 13. The Morgan fingerprint density at radius 2 is 0.833 bits per heavy atom. The zero-order valence-corrected chi connectivity index (χ0v) is 21.4. The summed E-state index contributed by atoms with van der Waals surface area (Å²) < 4.78 is 44.4. The lowest BCUT2D eigenvalue weighted by Crippen LogP contribution is -2.02. The molecule has 0 heterocycles. The van der Waals surface area contributed by atoms with Crippen molar-refractivity contribution in [2.24, 2.45) is 0 Å². The molecule has 0 saturated heterocycles. The van der Waals surface area contributed by atoms with Crippen LogP contribution in [-0.4, -0.2) is 47.8 Å². The van der Waals surface area contributed by atoms with Crippen LogP contribution in [0.3, 0.4) is 0 Å². The van der Waals surface area contributed by atoms with E-state index < -0.39 is 0 Å². The number of hydrogen-bond donors (Lipinski definition) is 1. The summed E-state index contributed by atoms with van der Waals surface area (Å²) in [5.74, 6) is 4.23. The van der Waals surface area contributed by atoms with Crippen LogP contribution in [0.4, 0.5) is 0 Å². The molecule has 0 spiro atoms. The number of ether oxygens (including phenoxy) is 8. The van der Waals surface area contributed by atoms with Crippen molar-refractivity contribution < 1.29 is 43.0 Å². The van der Waals surface area contributed by atoms with Gasteiger partial charge in [-0.3, -0.25) is 0 Å². The maximum absolute atomic E-state index is 9.74. The first kappa shape index (κ1) is 26.6. The van der Waals surface area contributed by atoms with Gasteiger partial charge >= 0.3 is 0 Å². The third-order valence-corrected chi connectivity index (χ3v) is 5.38. The van der Waals surface area contributed by atoms with E-state index in [0.717, 1.165) is 11.1 Å². The van der Waals surface area contributed by atoms with E-state index in [-0.39, 0.29) is 19.8 Å². The second kappa shape index (κ2) is 12.6. The first-order valence-corrected chi connectivity index (χ1v) is 11.1. The predicted molar refractivity (Wildman–Crippen MR) is 133 cm³/mol. The van der Waals surface area contributed by atoms with Gasteiger partial charge in [-0.1, -0.05) is 0 Å². The van der Waals surface area contributed by atoms with Gasteiger partial charge in [0.2, 0.25) is 11.5 Å². The van der Waals surface area contributed by atoms with E-state index in [1.807, 2.05) is 24.3 Å². The summed E-state index contributed by atoms with van der Waals surface area (Å²) in [6, 6.07) is 12.5. The van der Waals surface area contributed by atoms with E-state index in [2.05, 4.69) is 0 Å². The van der Waals surface area contributed by atoms with Crippen LogP contribution in [0.1, 0.15) is 16.7 Å². The van der Waals surface area contributed by atoms with Crippen LogP contribution in [0, 0.1) is 0 Å². The van der Waals surface area contributed by atoms with Crippen LogP contribution in [0.2, 0.25) is 0 Å². The van der Waals surface area contributed by atoms with Gasteiger partial charge < -0.3 is 43.0 Å². The summed E-state index contributed by atoms with van der Waals surface area (Å²) in [6.45, 7) is 0.303. The van der Waals surface area contributed by atoms with E-state index in [1.165, 1.54) is 0 Å². The van der Waals surface area contributed by atoms with Gasteiger partial charge in [-0.15, -0.1) is 0 Å². The molecule has 3 aromatic rings. The van der Waals surface area contributed by atoms with Crippen LogP contribution < -0.4 is 37.9 Å². The number of methoxy groups -OCH3 is 6.